The fourth-order valence-electron chi connectivity index (χ4n) is 2.84. The minimum Gasteiger partial charge on any atom is -0.481 e. The van der Waals surface area contributed by atoms with Crippen molar-refractivity contribution in [2.24, 2.45) is 5.92 Å². The first-order valence-electron chi connectivity index (χ1n) is 7.65. The molecule has 0 bridgehead atoms. The van der Waals surface area contributed by atoms with Crippen molar-refractivity contribution in [3.8, 4) is 0 Å². The average molecular weight is 348 g/mol. The van der Waals surface area contributed by atoms with Crippen LogP contribution in [0.2, 0.25) is 0 Å². The lowest BCUT2D eigenvalue weighted by Gasteiger charge is -2.26. The van der Waals surface area contributed by atoms with Gasteiger partial charge in [0.1, 0.15) is 0 Å². The highest BCUT2D eigenvalue weighted by atomic mass is 19.4. The van der Waals surface area contributed by atoms with Gasteiger partial charge in [0.05, 0.1) is 17.8 Å². The first-order chi connectivity index (χ1) is 11.2. The number of aromatic nitrogens is 2. The minimum absolute atomic E-state index is 0.0251. The zero-order valence-electron chi connectivity index (χ0n) is 13.1. The lowest BCUT2D eigenvalue weighted by atomic mass is 9.86. The van der Waals surface area contributed by atoms with Crippen LogP contribution in [0, 0.1) is 5.92 Å². The number of halogens is 3. The van der Waals surface area contributed by atoms with Crippen LogP contribution in [0.1, 0.15) is 38.3 Å². The first kappa shape index (κ1) is 18.1. The van der Waals surface area contributed by atoms with E-state index in [4.69, 9.17) is 5.11 Å². The Kier molecular flexibility index (Phi) is 5.35. The highest BCUT2D eigenvalue weighted by Crippen LogP contribution is 2.34. The van der Waals surface area contributed by atoms with Crippen LogP contribution in [0.3, 0.4) is 0 Å². The van der Waals surface area contributed by atoms with Crippen LogP contribution < -0.4 is 10.6 Å². The number of hydrogen-bond acceptors (Lipinski definition) is 3. The van der Waals surface area contributed by atoms with Gasteiger partial charge in [0.15, 0.2) is 5.69 Å². The fraction of sp³-hybridized carbons (Fsp3) is 0.643. The van der Waals surface area contributed by atoms with Gasteiger partial charge in [0.2, 0.25) is 0 Å². The van der Waals surface area contributed by atoms with Crippen LogP contribution in [0.5, 0.6) is 0 Å². The molecule has 0 spiro atoms. The van der Waals surface area contributed by atoms with E-state index in [2.05, 4.69) is 15.7 Å². The van der Waals surface area contributed by atoms with Gasteiger partial charge >= 0.3 is 18.2 Å². The molecule has 7 nitrogen and oxygen atoms in total. The molecule has 1 aliphatic rings. The summed E-state index contributed by atoms with van der Waals surface area (Å²) >= 11 is 0. The van der Waals surface area contributed by atoms with Crippen molar-refractivity contribution < 1.29 is 27.9 Å². The Morgan fingerprint density at radius 3 is 2.46 bits per heavy atom. The molecule has 0 radical (unpaired) electrons. The average Bonchev–Trinajstić information content (AvgIpc) is 2.90. The zero-order valence-corrected chi connectivity index (χ0v) is 13.1. The number of anilines is 1. The van der Waals surface area contributed by atoms with Crippen LogP contribution in [0.15, 0.2) is 6.20 Å². The van der Waals surface area contributed by atoms with Crippen molar-refractivity contribution in [2.45, 2.75) is 51.4 Å². The van der Waals surface area contributed by atoms with E-state index >= 15 is 0 Å². The maximum absolute atomic E-state index is 13.1. The third-order valence-corrected chi connectivity index (χ3v) is 4.07. The molecule has 1 saturated carbocycles. The lowest BCUT2D eigenvalue weighted by Crippen LogP contribution is -2.41. The number of carboxylic acid groups (broad SMARTS) is 1. The molecule has 1 aromatic heterocycles. The minimum atomic E-state index is -4.63. The van der Waals surface area contributed by atoms with Crippen molar-refractivity contribution in [1.29, 1.82) is 0 Å². The van der Waals surface area contributed by atoms with Crippen LogP contribution in [-0.2, 0) is 17.5 Å². The summed E-state index contributed by atoms with van der Waals surface area (Å²) in [4.78, 5) is 22.8. The van der Waals surface area contributed by atoms with Crippen LogP contribution >= 0.6 is 0 Å². The van der Waals surface area contributed by atoms with Gasteiger partial charge in [-0.15, -0.1) is 0 Å². The number of aliphatic carboxylic acids is 1. The number of urea groups is 1. The predicted octanol–water partition coefficient (Wildman–Crippen LogP) is 2.69. The molecule has 1 aliphatic carbocycles. The molecule has 24 heavy (non-hydrogen) atoms. The van der Waals surface area contributed by atoms with E-state index < -0.39 is 35.5 Å². The van der Waals surface area contributed by atoms with Gasteiger partial charge in [-0.05, 0) is 32.6 Å². The number of alkyl halides is 3. The molecule has 2 amide bonds. The number of aryl methyl sites for hydroxylation is 1. The molecule has 2 rings (SSSR count). The van der Waals surface area contributed by atoms with Crippen molar-refractivity contribution >= 4 is 17.7 Å². The van der Waals surface area contributed by atoms with Crippen molar-refractivity contribution in [3.05, 3.63) is 11.9 Å². The number of carbonyl (C=O) groups excluding carboxylic acids is 1. The smallest absolute Gasteiger partial charge is 0.435 e. The highest BCUT2D eigenvalue weighted by Gasteiger charge is 2.38. The van der Waals surface area contributed by atoms with Gasteiger partial charge < -0.3 is 15.7 Å². The summed E-state index contributed by atoms with van der Waals surface area (Å²) in [6.07, 6.45) is -1.85. The molecular weight excluding hydrogens is 329 g/mol. The number of carbonyl (C=O) groups is 2. The second kappa shape index (κ2) is 7.10. The summed E-state index contributed by atoms with van der Waals surface area (Å²) in [7, 11) is 0. The Hall–Kier alpha value is -2.26. The van der Waals surface area contributed by atoms with Crippen molar-refractivity contribution in [3.63, 3.8) is 0 Å². The van der Waals surface area contributed by atoms with E-state index in [-0.39, 0.29) is 12.6 Å². The molecule has 1 aromatic rings. The number of nitrogens with one attached hydrogen (secondary N) is 2. The number of rotatable bonds is 4. The van der Waals surface area contributed by atoms with Crippen molar-refractivity contribution in [2.75, 3.05) is 5.32 Å². The number of nitrogens with zero attached hydrogens (tertiary/aromatic N) is 2. The van der Waals surface area contributed by atoms with Gasteiger partial charge in [-0.2, -0.15) is 18.3 Å². The van der Waals surface area contributed by atoms with E-state index in [1.54, 1.807) is 0 Å². The molecule has 134 valence electrons. The van der Waals surface area contributed by atoms with Gasteiger partial charge in [-0.25, -0.2) is 4.79 Å². The molecule has 0 aliphatic heterocycles. The van der Waals surface area contributed by atoms with Gasteiger partial charge in [0, 0.05) is 12.6 Å². The standard InChI is InChI=1S/C14H19F3N4O3/c1-2-21-11(14(15,16)17)10(7-18-21)20-13(24)19-9-5-3-8(4-6-9)12(22)23/h7-9H,2-6H2,1H3,(H,22,23)(H2,19,20,24). The molecular formula is C14H19F3N4O3. The summed E-state index contributed by atoms with van der Waals surface area (Å²) in [5, 5.41) is 17.3. The Morgan fingerprint density at radius 2 is 1.96 bits per heavy atom. The molecule has 1 fully saturated rings. The van der Waals surface area contributed by atoms with Crippen molar-refractivity contribution in [1.82, 2.24) is 15.1 Å². The molecule has 0 aromatic carbocycles. The number of amides is 2. The normalized spacial score (nSPS) is 21.3. The third-order valence-electron chi connectivity index (χ3n) is 4.07. The summed E-state index contributed by atoms with van der Waals surface area (Å²) in [5.74, 6) is -1.29. The molecule has 1 heterocycles. The molecule has 3 N–H and O–H groups in total. The number of carboxylic acids is 1. The molecule has 0 atom stereocenters. The van der Waals surface area contributed by atoms with E-state index in [1.807, 2.05) is 0 Å². The molecule has 0 saturated heterocycles. The molecule has 0 unspecified atom stereocenters. The Morgan fingerprint density at radius 1 is 1.33 bits per heavy atom. The number of hydrogen-bond donors (Lipinski definition) is 3. The van der Waals surface area contributed by atoms with Gasteiger partial charge in [-0.3, -0.25) is 9.48 Å². The van der Waals surface area contributed by atoms with E-state index in [0.29, 0.717) is 25.7 Å². The second-order valence-electron chi connectivity index (χ2n) is 5.71. The van der Waals surface area contributed by atoms with Gasteiger partial charge in [-0.1, -0.05) is 0 Å². The van der Waals surface area contributed by atoms with Crippen LogP contribution in [-0.4, -0.2) is 32.9 Å². The quantitative estimate of drug-likeness (QED) is 0.779. The summed E-state index contributed by atoms with van der Waals surface area (Å²) in [6, 6.07) is -1.01. The SMILES string of the molecule is CCn1ncc(NC(=O)NC2CCC(C(=O)O)CC2)c1C(F)(F)F. The second-order valence-corrected chi connectivity index (χ2v) is 5.71. The van der Waals surface area contributed by atoms with Crippen LogP contribution in [0.4, 0.5) is 23.7 Å². The predicted molar refractivity (Wildman–Crippen MR) is 78.4 cm³/mol. The largest absolute Gasteiger partial charge is 0.481 e. The van der Waals surface area contributed by atoms with E-state index in [1.165, 1.54) is 6.92 Å². The van der Waals surface area contributed by atoms with Crippen LogP contribution in [0.25, 0.3) is 0 Å². The third kappa shape index (κ3) is 4.18. The topological polar surface area (TPSA) is 96.3 Å². The van der Waals surface area contributed by atoms with E-state index in [0.717, 1.165) is 10.9 Å². The highest BCUT2D eigenvalue weighted by molar-refractivity contribution is 5.90. The Labute approximate surface area is 136 Å². The lowest BCUT2D eigenvalue weighted by molar-refractivity contribution is -0.144. The van der Waals surface area contributed by atoms with E-state index in [9.17, 15) is 22.8 Å². The Balaban J connectivity index is 1.96. The maximum atomic E-state index is 13.1. The molecule has 10 heteroatoms. The summed E-state index contributed by atoms with van der Waals surface area (Å²) < 4.78 is 40.0. The maximum Gasteiger partial charge on any atom is 0.435 e. The first-order valence-corrected chi connectivity index (χ1v) is 7.65. The Bertz CT molecular complexity index is 607. The van der Waals surface area contributed by atoms with Gasteiger partial charge in [0.25, 0.3) is 0 Å². The fourth-order valence-corrected chi connectivity index (χ4v) is 2.84. The summed E-state index contributed by atoms with van der Waals surface area (Å²) in [5.41, 5.74) is -1.41. The summed E-state index contributed by atoms with van der Waals surface area (Å²) in [6.45, 7) is 1.55. The monoisotopic (exact) mass is 348 g/mol. The zero-order chi connectivity index (χ0) is 17.9.